The number of para-hydroxylation sites is 2. The average molecular weight is 591 g/mol. The molecule has 10 atom stereocenters. The predicted molar refractivity (Wildman–Crippen MR) is 165 cm³/mol. The Morgan fingerprint density at radius 3 is 2.35 bits per heavy atom. The van der Waals surface area contributed by atoms with E-state index in [4.69, 9.17) is 14.5 Å². The van der Waals surface area contributed by atoms with E-state index in [1.54, 1.807) is 18.4 Å². The van der Waals surface area contributed by atoms with Gasteiger partial charge in [0.25, 0.3) is 0 Å². The summed E-state index contributed by atoms with van der Waals surface area (Å²) in [7, 11) is 0. The summed E-state index contributed by atoms with van der Waals surface area (Å²) in [6, 6.07) is 7.91. The fourth-order valence-corrected chi connectivity index (χ4v) is 11.0. The molecule has 4 saturated carbocycles. The van der Waals surface area contributed by atoms with Gasteiger partial charge in [-0.05, 0) is 110 Å². The number of esters is 2. The Hall–Kier alpha value is -2.70. The third-order valence-electron chi connectivity index (χ3n) is 12.8. The van der Waals surface area contributed by atoms with Gasteiger partial charge in [0.2, 0.25) is 5.91 Å². The summed E-state index contributed by atoms with van der Waals surface area (Å²) < 4.78 is 13.7. The molecule has 6 unspecified atom stereocenters. The van der Waals surface area contributed by atoms with Crippen molar-refractivity contribution in [3.8, 4) is 0 Å². The summed E-state index contributed by atoms with van der Waals surface area (Å²) in [6.07, 6.45) is 10.2. The van der Waals surface area contributed by atoms with E-state index in [1.807, 2.05) is 24.3 Å². The van der Waals surface area contributed by atoms with Crippen LogP contribution in [0.2, 0.25) is 0 Å². The van der Waals surface area contributed by atoms with Gasteiger partial charge in [-0.15, -0.1) is 0 Å². The summed E-state index contributed by atoms with van der Waals surface area (Å²) in [5.74, 6) is 3.46. The molecule has 0 radical (unpaired) electrons. The largest absolute Gasteiger partial charge is 0.463 e. The summed E-state index contributed by atoms with van der Waals surface area (Å²) in [6.45, 7) is 12.1. The molecule has 0 N–H and O–H groups in total. The zero-order valence-electron chi connectivity index (χ0n) is 26.9. The van der Waals surface area contributed by atoms with Gasteiger partial charge in [-0.1, -0.05) is 32.9 Å². The maximum absolute atomic E-state index is 12.6. The maximum Gasteiger partial charge on any atom is 0.302 e. The molecule has 4 fully saturated rings. The number of fused-ring (bicyclic) bond motifs is 6. The van der Waals surface area contributed by atoms with Crippen LogP contribution in [0.25, 0.3) is 11.0 Å². The Morgan fingerprint density at radius 1 is 0.930 bits per heavy atom. The standard InChI is InChI=1S/C36H50N2O5/c1-21(11-14-33-37-30-9-7-8-10-31(30)38(33)22(2)39)27-12-13-28-34-29(16-18-36(27,28)6)35(5)17-15-26(42-23(3)40)19-25(35)20-32(34)43-24(4)41/h7-10,21,25-29,32,34H,11-20H2,1-6H3/t21?,25-,26+,27?,28?,29?,32?,34?,35-,36+/m0/s1. The van der Waals surface area contributed by atoms with Gasteiger partial charge in [-0.3, -0.25) is 19.0 Å². The van der Waals surface area contributed by atoms with Crippen molar-refractivity contribution in [2.75, 3.05) is 0 Å². The average Bonchev–Trinajstić information content (AvgIpc) is 3.49. The smallest absolute Gasteiger partial charge is 0.302 e. The summed E-state index contributed by atoms with van der Waals surface area (Å²) in [4.78, 5) is 41.6. The third kappa shape index (κ3) is 5.22. The van der Waals surface area contributed by atoms with Crippen LogP contribution in [0.15, 0.2) is 24.3 Å². The van der Waals surface area contributed by atoms with Gasteiger partial charge in [-0.2, -0.15) is 0 Å². The van der Waals surface area contributed by atoms with Crippen LogP contribution in [0.1, 0.15) is 110 Å². The quantitative estimate of drug-likeness (QED) is 0.326. The molecule has 0 saturated heterocycles. The van der Waals surface area contributed by atoms with Crippen LogP contribution in [0.4, 0.5) is 0 Å². The lowest BCUT2D eigenvalue weighted by molar-refractivity contribution is -0.197. The van der Waals surface area contributed by atoms with Crippen molar-refractivity contribution in [2.45, 2.75) is 118 Å². The summed E-state index contributed by atoms with van der Waals surface area (Å²) in [5, 5.41) is 0. The molecular formula is C36H50N2O5. The number of hydrogen-bond acceptors (Lipinski definition) is 6. The van der Waals surface area contributed by atoms with Crippen molar-refractivity contribution in [1.82, 2.24) is 9.55 Å². The number of rotatable bonds is 6. The minimum Gasteiger partial charge on any atom is -0.463 e. The van der Waals surface area contributed by atoms with Gasteiger partial charge < -0.3 is 9.47 Å². The van der Waals surface area contributed by atoms with Crippen LogP contribution < -0.4 is 0 Å². The number of aromatic nitrogens is 2. The lowest BCUT2D eigenvalue weighted by atomic mass is 9.43. The van der Waals surface area contributed by atoms with E-state index >= 15 is 0 Å². The van der Waals surface area contributed by atoms with Gasteiger partial charge in [-0.25, -0.2) is 4.98 Å². The van der Waals surface area contributed by atoms with Gasteiger partial charge in [0.05, 0.1) is 11.0 Å². The molecule has 6 rings (SSSR count). The topological polar surface area (TPSA) is 87.5 Å². The Labute approximate surface area is 256 Å². The van der Waals surface area contributed by atoms with E-state index in [0.717, 1.165) is 55.4 Å². The molecule has 4 aliphatic rings. The molecule has 1 aromatic carbocycles. The molecule has 4 aliphatic carbocycles. The van der Waals surface area contributed by atoms with Gasteiger partial charge in [0.1, 0.15) is 18.0 Å². The molecule has 0 spiro atoms. The van der Waals surface area contributed by atoms with E-state index in [0.29, 0.717) is 35.5 Å². The molecule has 0 bridgehead atoms. The number of aryl methyl sites for hydroxylation is 1. The maximum atomic E-state index is 12.6. The second-order valence-corrected chi connectivity index (χ2v) is 15.0. The zero-order chi connectivity index (χ0) is 30.7. The minimum atomic E-state index is -0.197. The lowest BCUT2D eigenvalue weighted by Gasteiger charge is -2.62. The van der Waals surface area contributed by atoms with Crippen LogP contribution >= 0.6 is 0 Å². The molecule has 234 valence electrons. The van der Waals surface area contributed by atoms with Crippen molar-refractivity contribution in [2.24, 2.45) is 46.3 Å². The first-order chi connectivity index (χ1) is 20.4. The molecule has 0 amide bonds. The molecule has 7 heteroatoms. The van der Waals surface area contributed by atoms with Crippen molar-refractivity contribution in [1.29, 1.82) is 0 Å². The van der Waals surface area contributed by atoms with E-state index in [9.17, 15) is 14.4 Å². The number of imidazole rings is 1. The SMILES string of the molecule is CC(=O)OC1C[C@@H]2C[C@H](OC(C)=O)CC[C@]2(C)C2CC[C@]3(C)C(C(C)CCc4nc5ccccc5n4C(C)=O)CCC3C12. The molecule has 1 aromatic heterocycles. The van der Waals surface area contributed by atoms with Crippen LogP contribution in [0.5, 0.6) is 0 Å². The summed E-state index contributed by atoms with van der Waals surface area (Å²) in [5.41, 5.74) is 2.17. The number of hydrogen-bond donors (Lipinski definition) is 0. The van der Waals surface area contributed by atoms with E-state index in [1.165, 1.54) is 32.6 Å². The van der Waals surface area contributed by atoms with Crippen molar-refractivity contribution >= 4 is 28.9 Å². The highest BCUT2D eigenvalue weighted by Crippen LogP contribution is 2.68. The van der Waals surface area contributed by atoms with Crippen LogP contribution in [0.3, 0.4) is 0 Å². The van der Waals surface area contributed by atoms with Crippen molar-refractivity contribution < 1.29 is 23.9 Å². The first-order valence-corrected chi connectivity index (χ1v) is 16.7. The second-order valence-electron chi connectivity index (χ2n) is 15.0. The first-order valence-electron chi connectivity index (χ1n) is 16.7. The highest BCUT2D eigenvalue weighted by atomic mass is 16.5. The Balaban J connectivity index is 1.22. The molecular weight excluding hydrogens is 540 g/mol. The van der Waals surface area contributed by atoms with Crippen LogP contribution in [-0.4, -0.2) is 39.6 Å². The van der Waals surface area contributed by atoms with Crippen LogP contribution in [-0.2, 0) is 25.5 Å². The van der Waals surface area contributed by atoms with E-state index < -0.39 is 0 Å². The van der Waals surface area contributed by atoms with Gasteiger partial charge in [0.15, 0.2) is 0 Å². The monoisotopic (exact) mass is 590 g/mol. The predicted octanol–water partition coefficient (Wildman–Crippen LogP) is 7.40. The molecule has 2 aromatic rings. The zero-order valence-corrected chi connectivity index (χ0v) is 26.9. The second kappa shape index (κ2) is 11.3. The van der Waals surface area contributed by atoms with Crippen molar-refractivity contribution in [3.63, 3.8) is 0 Å². The highest BCUT2D eigenvalue weighted by molar-refractivity contribution is 5.89. The summed E-state index contributed by atoms with van der Waals surface area (Å²) >= 11 is 0. The fraction of sp³-hybridized carbons (Fsp3) is 0.722. The Morgan fingerprint density at radius 2 is 1.63 bits per heavy atom. The molecule has 0 aliphatic heterocycles. The molecule has 43 heavy (non-hydrogen) atoms. The lowest BCUT2D eigenvalue weighted by Crippen LogP contribution is -2.59. The van der Waals surface area contributed by atoms with E-state index in [2.05, 4.69) is 20.8 Å². The normalized spacial score (nSPS) is 37.6. The third-order valence-corrected chi connectivity index (χ3v) is 12.8. The van der Waals surface area contributed by atoms with Crippen molar-refractivity contribution in [3.05, 3.63) is 30.1 Å². The molecule has 1 heterocycles. The number of nitrogens with zero attached hydrogens (tertiary/aromatic N) is 2. The number of carbonyl (C=O) groups is 3. The van der Waals surface area contributed by atoms with E-state index in [-0.39, 0.29) is 40.9 Å². The number of carbonyl (C=O) groups excluding carboxylic acids is 3. The fourth-order valence-electron chi connectivity index (χ4n) is 11.0. The van der Waals surface area contributed by atoms with Gasteiger partial charge >= 0.3 is 11.9 Å². The number of ether oxygens (including phenoxy) is 2. The Kier molecular flexibility index (Phi) is 8.00. The Bertz CT molecular complexity index is 1400. The first kappa shape index (κ1) is 30.3. The van der Waals surface area contributed by atoms with Gasteiger partial charge in [0, 0.05) is 33.1 Å². The highest BCUT2D eigenvalue weighted by Gasteiger charge is 2.64. The minimum absolute atomic E-state index is 0.0186. The number of benzene rings is 1. The molecule has 7 nitrogen and oxygen atoms in total. The van der Waals surface area contributed by atoms with Crippen LogP contribution in [0, 0.1) is 46.3 Å².